The number of rotatable bonds is 11. The Morgan fingerprint density at radius 3 is 2.41 bits per heavy atom. The van der Waals surface area contributed by atoms with Crippen molar-refractivity contribution < 1.29 is 9.13 Å². The molecule has 3 aromatic rings. The molecule has 32 heavy (non-hydrogen) atoms. The van der Waals surface area contributed by atoms with E-state index in [0.29, 0.717) is 0 Å². The van der Waals surface area contributed by atoms with Crippen molar-refractivity contribution in [3.63, 3.8) is 0 Å². The summed E-state index contributed by atoms with van der Waals surface area (Å²) in [5, 5.41) is 9.67. The van der Waals surface area contributed by atoms with Gasteiger partial charge in [0.15, 0.2) is 22.5 Å². The fourth-order valence-electron chi connectivity index (χ4n) is 3.41. The van der Waals surface area contributed by atoms with Crippen molar-refractivity contribution in [1.82, 2.24) is 14.8 Å². The maximum atomic E-state index is 13.9. The molecule has 172 valence electrons. The zero-order chi connectivity index (χ0) is 23.0. The number of para-hydroxylation sites is 1. The van der Waals surface area contributed by atoms with Crippen LogP contribution in [0.4, 0.5) is 4.39 Å². The van der Waals surface area contributed by atoms with Crippen LogP contribution >= 0.6 is 11.8 Å². The van der Waals surface area contributed by atoms with E-state index in [9.17, 15) is 4.39 Å². The molecule has 0 aliphatic rings. The Balaban J connectivity index is 1.69. The topological polar surface area (TPSA) is 39.9 Å². The van der Waals surface area contributed by atoms with E-state index in [-0.39, 0.29) is 23.6 Å². The van der Waals surface area contributed by atoms with Crippen LogP contribution in [0.15, 0.2) is 53.7 Å². The van der Waals surface area contributed by atoms with Gasteiger partial charge >= 0.3 is 0 Å². The van der Waals surface area contributed by atoms with Crippen LogP contribution in [0.3, 0.4) is 0 Å². The van der Waals surface area contributed by atoms with Gasteiger partial charge in [0.2, 0.25) is 0 Å². The van der Waals surface area contributed by atoms with Gasteiger partial charge in [-0.15, -0.1) is 10.2 Å². The zero-order valence-electron chi connectivity index (χ0n) is 19.6. The smallest absolute Gasteiger partial charge is 0.191 e. The summed E-state index contributed by atoms with van der Waals surface area (Å²) >= 11 is 1.68. The Labute approximate surface area is 195 Å². The summed E-state index contributed by atoms with van der Waals surface area (Å²) in [7, 11) is 0. The molecule has 0 aliphatic heterocycles. The number of nitrogens with zero attached hydrogens (tertiary/aromatic N) is 3. The van der Waals surface area contributed by atoms with Crippen LogP contribution in [0.5, 0.6) is 5.75 Å². The van der Waals surface area contributed by atoms with E-state index in [1.807, 2.05) is 0 Å². The van der Waals surface area contributed by atoms with Crippen LogP contribution in [0.25, 0.3) is 0 Å². The van der Waals surface area contributed by atoms with Crippen molar-refractivity contribution in [2.24, 2.45) is 0 Å². The minimum Gasteiger partial charge on any atom is -0.483 e. The molecule has 0 N–H and O–H groups in total. The molecule has 3 rings (SSSR count). The Morgan fingerprint density at radius 2 is 1.72 bits per heavy atom. The van der Waals surface area contributed by atoms with E-state index in [4.69, 9.17) is 4.74 Å². The highest BCUT2D eigenvalue weighted by molar-refractivity contribution is 7.98. The summed E-state index contributed by atoms with van der Waals surface area (Å²) in [4.78, 5) is 0. The third kappa shape index (κ3) is 6.83. The minimum absolute atomic E-state index is 0.150. The van der Waals surface area contributed by atoms with E-state index in [0.717, 1.165) is 29.7 Å². The molecule has 0 fully saturated rings. The highest BCUT2D eigenvalue weighted by Crippen LogP contribution is 2.26. The van der Waals surface area contributed by atoms with Gasteiger partial charge in [-0.1, -0.05) is 95.1 Å². The van der Waals surface area contributed by atoms with Crippen LogP contribution in [-0.2, 0) is 24.3 Å². The lowest BCUT2D eigenvalue weighted by Gasteiger charge is -2.19. The van der Waals surface area contributed by atoms with E-state index in [1.54, 1.807) is 30.0 Å². The van der Waals surface area contributed by atoms with E-state index in [1.165, 1.54) is 36.5 Å². The number of halogens is 1. The molecule has 0 saturated heterocycles. The Morgan fingerprint density at radius 1 is 0.969 bits per heavy atom. The predicted molar refractivity (Wildman–Crippen MR) is 130 cm³/mol. The molecule has 0 aliphatic carbocycles. The van der Waals surface area contributed by atoms with E-state index >= 15 is 0 Å². The molecule has 0 spiro atoms. The summed E-state index contributed by atoms with van der Waals surface area (Å²) in [6.45, 7) is 9.92. The summed E-state index contributed by atoms with van der Waals surface area (Å²) < 4.78 is 21.8. The maximum absolute atomic E-state index is 13.9. The minimum atomic E-state index is -0.366. The second-order valence-electron chi connectivity index (χ2n) is 9.07. The van der Waals surface area contributed by atoms with Crippen molar-refractivity contribution in [1.29, 1.82) is 0 Å². The quantitative estimate of drug-likeness (QED) is 0.227. The average molecular weight is 456 g/mol. The Kier molecular flexibility index (Phi) is 8.74. The number of ether oxygens (including phenoxy) is 1. The normalized spacial score (nSPS) is 11.7. The highest BCUT2D eigenvalue weighted by atomic mass is 32.2. The number of aromatic nitrogens is 3. The average Bonchev–Trinajstić information content (AvgIpc) is 3.16. The van der Waals surface area contributed by atoms with Crippen LogP contribution in [-0.4, -0.2) is 14.8 Å². The lowest BCUT2D eigenvalue weighted by molar-refractivity contribution is 0.273. The van der Waals surface area contributed by atoms with Crippen molar-refractivity contribution in [2.45, 2.75) is 82.9 Å². The third-order valence-electron chi connectivity index (χ3n) is 5.41. The maximum Gasteiger partial charge on any atom is 0.191 e. The first kappa shape index (κ1) is 24.3. The van der Waals surface area contributed by atoms with Gasteiger partial charge in [-0.25, -0.2) is 4.39 Å². The summed E-state index contributed by atoms with van der Waals surface area (Å²) in [5.74, 6) is 1.43. The first-order valence-corrected chi connectivity index (χ1v) is 12.4. The molecule has 1 aromatic heterocycles. The van der Waals surface area contributed by atoms with Crippen LogP contribution in [0.1, 0.15) is 70.3 Å². The van der Waals surface area contributed by atoms with Crippen molar-refractivity contribution >= 4 is 11.8 Å². The van der Waals surface area contributed by atoms with Crippen LogP contribution in [0.2, 0.25) is 0 Å². The second-order valence-corrected chi connectivity index (χ2v) is 10.0. The SMILES string of the molecule is CCCCCCn1c(COc2ccccc2F)nnc1SCc1ccc(C(C)(C)C)cc1. The van der Waals surface area contributed by atoms with Crippen LogP contribution < -0.4 is 4.74 Å². The van der Waals surface area contributed by atoms with E-state index in [2.05, 4.69) is 66.7 Å². The molecule has 0 radical (unpaired) electrons. The lowest BCUT2D eigenvalue weighted by Crippen LogP contribution is -2.10. The third-order valence-corrected chi connectivity index (χ3v) is 6.45. The predicted octanol–water partition coefficient (Wildman–Crippen LogP) is 7.17. The summed E-state index contributed by atoms with van der Waals surface area (Å²) in [5.41, 5.74) is 2.74. The van der Waals surface area contributed by atoms with Gasteiger partial charge in [0.05, 0.1) is 0 Å². The molecule has 0 amide bonds. The van der Waals surface area contributed by atoms with E-state index < -0.39 is 0 Å². The number of hydrogen-bond acceptors (Lipinski definition) is 4. The number of thioether (sulfide) groups is 1. The Bertz CT molecular complexity index is 979. The first-order chi connectivity index (χ1) is 15.4. The lowest BCUT2D eigenvalue weighted by atomic mass is 9.87. The molecule has 0 bridgehead atoms. The van der Waals surface area contributed by atoms with Gasteiger partial charge in [0.25, 0.3) is 0 Å². The molecule has 2 aromatic carbocycles. The monoisotopic (exact) mass is 455 g/mol. The standard InChI is InChI=1S/C26H34FN3OS/c1-5-6-7-10-17-30-24(18-31-23-12-9-8-11-22(23)27)28-29-25(30)32-19-20-13-15-21(16-14-20)26(2,3)4/h8-9,11-16H,5-7,10,17-19H2,1-4H3. The molecule has 0 saturated carbocycles. The van der Waals surface area contributed by atoms with Gasteiger partial charge in [0.1, 0.15) is 6.61 Å². The number of unbranched alkanes of at least 4 members (excludes halogenated alkanes) is 3. The van der Waals surface area contributed by atoms with Crippen molar-refractivity contribution in [2.75, 3.05) is 0 Å². The molecular formula is C26H34FN3OS. The number of benzene rings is 2. The fraction of sp³-hybridized carbons (Fsp3) is 0.462. The van der Waals surface area contributed by atoms with Gasteiger partial charge < -0.3 is 9.30 Å². The van der Waals surface area contributed by atoms with Crippen molar-refractivity contribution in [3.05, 3.63) is 71.3 Å². The molecule has 1 heterocycles. The molecular weight excluding hydrogens is 421 g/mol. The first-order valence-electron chi connectivity index (χ1n) is 11.4. The second kappa shape index (κ2) is 11.5. The van der Waals surface area contributed by atoms with Gasteiger partial charge in [-0.05, 0) is 35.1 Å². The summed E-state index contributed by atoms with van der Waals surface area (Å²) in [6, 6.07) is 15.3. The zero-order valence-corrected chi connectivity index (χ0v) is 20.4. The summed E-state index contributed by atoms with van der Waals surface area (Å²) in [6.07, 6.45) is 4.64. The molecule has 0 atom stereocenters. The number of hydrogen-bond donors (Lipinski definition) is 0. The molecule has 4 nitrogen and oxygen atoms in total. The molecule has 0 unspecified atom stereocenters. The highest BCUT2D eigenvalue weighted by Gasteiger charge is 2.16. The van der Waals surface area contributed by atoms with Crippen LogP contribution in [0, 0.1) is 5.82 Å². The van der Waals surface area contributed by atoms with Gasteiger partial charge in [-0.2, -0.15) is 0 Å². The Hall–Kier alpha value is -2.34. The van der Waals surface area contributed by atoms with Gasteiger partial charge in [0, 0.05) is 12.3 Å². The fourth-order valence-corrected chi connectivity index (χ4v) is 4.35. The largest absolute Gasteiger partial charge is 0.483 e. The van der Waals surface area contributed by atoms with Gasteiger partial charge in [-0.3, -0.25) is 0 Å². The molecule has 6 heteroatoms. The van der Waals surface area contributed by atoms with Crippen molar-refractivity contribution in [3.8, 4) is 5.75 Å².